The van der Waals surface area contributed by atoms with Gasteiger partial charge in [0.2, 0.25) is 0 Å². The molecule has 18 heavy (non-hydrogen) atoms. The van der Waals surface area contributed by atoms with E-state index in [1.165, 1.54) is 0 Å². The average Bonchev–Trinajstić information content (AvgIpc) is 2.46. The summed E-state index contributed by atoms with van der Waals surface area (Å²) in [4.78, 5) is 4.35. The van der Waals surface area contributed by atoms with Crippen LogP contribution in [0.3, 0.4) is 0 Å². The van der Waals surface area contributed by atoms with Crippen molar-refractivity contribution in [1.82, 2.24) is 11.0 Å². The minimum Gasteiger partial charge on any atom is -0.383 e. The van der Waals surface area contributed by atoms with E-state index in [0.717, 1.165) is 11.4 Å². The third-order valence-electron chi connectivity index (χ3n) is 2.63. The zero-order valence-electron chi connectivity index (χ0n) is 10.4. The van der Waals surface area contributed by atoms with Crippen molar-refractivity contribution in [2.75, 3.05) is 12.1 Å². The van der Waals surface area contributed by atoms with E-state index in [-0.39, 0.29) is 5.84 Å². The summed E-state index contributed by atoms with van der Waals surface area (Å²) < 4.78 is 0. The molecule has 0 bridgehead atoms. The molecule has 1 aromatic rings. The molecule has 6 heteroatoms. The maximum absolute atomic E-state index is 8.20. The van der Waals surface area contributed by atoms with E-state index < -0.39 is 0 Å². The van der Waals surface area contributed by atoms with E-state index in [4.69, 9.17) is 11.1 Å². The highest BCUT2D eigenvalue weighted by Crippen LogP contribution is 2.31. The molecule has 0 aromatic heterocycles. The van der Waals surface area contributed by atoms with Gasteiger partial charge in [-0.05, 0) is 19.1 Å². The van der Waals surface area contributed by atoms with Gasteiger partial charge in [0.15, 0.2) is 5.84 Å². The first-order chi connectivity index (χ1) is 8.69. The van der Waals surface area contributed by atoms with Crippen molar-refractivity contribution in [2.24, 2.45) is 10.7 Å². The Hall–Kier alpha value is -2.18. The van der Waals surface area contributed by atoms with Crippen LogP contribution < -0.4 is 21.7 Å². The van der Waals surface area contributed by atoms with Crippen molar-refractivity contribution in [1.29, 1.82) is 5.41 Å². The molecule has 0 spiro atoms. The van der Waals surface area contributed by atoms with Gasteiger partial charge < -0.3 is 5.73 Å². The lowest BCUT2D eigenvalue weighted by molar-refractivity contribution is 0.619. The summed E-state index contributed by atoms with van der Waals surface area (Å²) in [6.07, 6.45) is 1.78. The Kier molecular flexibility index (Phi) is 3.40. The van der Waals surface area contributed by atoms with Gasteiger partial charge in [0, 0.05) is 7.05 Å². The molecule has 0 aliphatic carbocycles. The number of allylic oxidation sites excluding steroid dienone is 1. The van der Waals surface area contributed by atoms with E-state index in [2.05, 4.69) is 16.0 Å². The molecule has 0 fully saturated rings. The number of rotatable bonds is 2. The van der Waals surface area contributed by atoms with Gasteiger partial charge in [0.1, 0.15) is 5.84 Å². The van der Waals surface area contributed by atoms with Gasteiger partial charge >= 0.3 is 0 Å². The summed E-state index contributed by atoms with van der Waals surface area (Å²) in [7, 11) is 1.74. The minimum absolute atomic E-state index is 0.248. The van der Waals surface area contributed by atoms with Gasteiger partial charge in [-0.1, -0.05) is 18.2 Å². The summed E-state index contributed by atoms with van der Waals surface area (Å²) in [5, 5.41) is 9.81. The molecule has 0 unspecified atom stereocenters. The molecule has 1 aliphatic heterocycles. The number of para-hydroxylation sites is 2. The van der Waals surface area contributed by atoms with E-state index in [9.17, 15) is 0 Å². The quantitative estimate of drug-likeness (QED) is 0.586. The number of benzene rings is 1. The third kappa shape index (κ3) is 1.99. The van der Waals surface area contributed by atoms with Crippen molar-refractivity contribution in [2.45, 2.75) is 6.92 Å². The summed E-state index contributed by atoms with van der Waals surface area (Å²) in [6, 6.07) is 7.52. The van der Waals surface area contributed by atoms with Gasteiger partial charge in [0.25, 0.3) is 0 Å². The zero-order valence-corrected chi connectivity index (χ0v) is 10.4. The first-order valence-corrected chi connectivity index (χ1v) is 5.60. The molecule has 1 aliphatic rings. The van der Waals surface area contributed by atoms with Gasteiger partial charge in [0.05, 0.1) is 16.9 Å². The van der Waals surface area contributed by atoms with E-state index >= 15 is 0 Å². The molecule has 0 radical (unpaired) electrons. The largest absolute Gasteiger partial charge is 0.383 e. The number of hydrazine groups is 2. The molecule has 0 saturated heterocycles. The summed E-state index contributed by atoms with van der Waals surface area (Å²) in [5.74, 6) is 0.591. The summed E-state index contributed by atoms with van der Waals surface area (Å²) in [6.45, 7) is 1.83. The number of hydrogen-bond acceptors (Lipinski definition) is 5. The lowest BCUT2D eigenvalue weighted by Crippen LogP contribution is -2.50. The molecule has 1 heterocycles. The van der Waals surface area contributed by atoms with Crippen LogP contribution in [0.5, 0.6) is 0 Å². The van der Waals surface area contributed by atoms with Crippen LogP contribution >= 0.6 is 0 Å². The number of hydrogen-bond donors (Lipinski definition) is 4. The van der Waals surface area contributed by atoms with Crippen LogP contribution in [-0.4, -0.2) is 18.7 Å². The Balaban J connectivity index is 2.60. The second-order valence-corrected chi connectivity index (χ2v) is 3.73. The molecular weight excluding hydrogens is 228 g/mol. The topological polar surface area (TPSA) is 89.5 Å². The van der Waals surface area contributed by atoms with Gasteiger partial charge in [-0.2, -0.15) is 5.53 Å². The molecule has 1 aromatic carbocycles. The van der Waals surface area contributed by atoms with Crippen LogP contribution in [0.1, 0.15) is 6.92 Å². The second kappa shape index (κ2) is 4.99. The van der Waals surface area contributed by atoms with Crippen molar-refractivity contribution < 1.29 is 0 Å². The molecule has 0 saturated carbocycles. The lowest BCUT2D eigenvalue weighted by Gasteiger charge is -2.25. The number of nitrogens with one attached hydrogen (secondary N) is 3. The summed E-state index contributed by atoms with van der Waals surface area (Å²) in [5.41, 5.74) is 13.7. The number of nitrogens with two attached hydrogens (primary N) is 1. The second-order valence-electron chi connectivity index (χ2n) is 3.73. The highest BCUT2D eigenvalue weighted by molar-refractivity contribution is 6.28. The van der Waals surface area contributed by atoms with Crippen LogP contribution in [0.15, 0.2) is 40.9 Å². The Morgan fingerprint density at radius 3 is 2.78 bits per heavy atom. The van der Waals surface area contributed by atoms with E-state index in [1.807, 2.05) is 31.2 Å². The molecule has 0 amide bonds. The molecule has 0 atom stereocenters. The predicted octanol–water partition coefficient (Wildman–Crippen LogP) is 1.06. The highest BCUT2D eigenvalue weighted by atomic mass is 15.7. The summed E-state index contributed by atoms with van der Waals surface area (Å²) >= 11 is 0. The highest BCUT2D eigenvalue weighted by Gasteiger charge is 2.23. The van der Waals surface area contributed by atoms with E-state index in [1.54, 1.807) is 18.1 Å². The first kappa shape index (κ1) is 12.3. The SMILES string of the molecule is C/C=C1/C(=N)N(NNC)c2ccccc2N=C1N. The predicted molar refractivity (Wildman–Crippen MR) is 73.9 cm³/mol. The fraction of sp³-hybridized carbons (Fsp3) is 0.167. The zero-order chi connectivity index (χ0) is 13.1. The average molecular weight is 244 g/mol. The van der Waals surface area contributed by atoms with E-state index in [0.29, 0.717) is 11.4 Å². The Bertz CT molecular complexity index is 531. The molecule has 6 nitrogen and oxygen atoms in total. The van der Waals surface area contributed by atoms with Crippen LogP contribution in [0.2, 0.25) is 0 Å². The number of aliphatic imine (C=N–C) groups is 1. The van der Waals surface area contributed by atoms with Crippen LogP contribution in [-0.2, 0) is 0 Å². The van der Waals surface area contributed by atoms with Crippen LogP contribution in [0, 0.1) is 5.41 Å². The van der Waals surface area contributed by atoms with Gasteiger partial charge in [-0.25, -0.2) is 15.4 Å². The number of anilines is 1. The number of nitrogens with zero attached hydrogens (tertiary/aromatic N) is 2. The van der Waals surface area contributed by atoms with Crippen molar-refractivity contribution in [3.63, 3.8) is 0 Å². The van der Waals surface area contributed by atoms with Crippen molar-refractivity contribution >= 4 is 23.0 Å². The monoisotopic (exact) mass is 244 g/mol. The Morgan fingerprint density at radius 1 is 1.39 bits per heavy atom. The molecule has 2 rings (SSSR count). The molecule has 94 valence electrons. The fourth-order valence-electron chi connectivity index (χ4n) is 1.81. The van der Waals surface area contributed by atoms with Crippen molar-refractivity contribution in [3.05, 3.63) is 35.9 Å². The van der Waals surface area contributed by atoms with Gasteiger partial charge in [-0.3, -0.25) is 5.41 Å². The number of fused-ring (bicyclic) bond motifs is 1. The molecular formula is C12H16N6. The van der Waals surface area contributed by atoms with Gasteiger partial charge in [-0.15, -0.1) is 0 Å². The maximum Gasteiger partial charge on any atom is 0.151 e. The Morgan fingerprint density at radius 2 is 2.11 bits per heavy atom. The van der Waals surface area contributed by atoms with Crippen molar-refractivity contribution in [3.8, 4) is 0 Å². The molecule has 5 N–H and O–H groups in total. The van der Waals surface area contributed by atoms with Crippen LogP contribution in [0.25, 0.3) is 0 Å². The Labute approximate surface area is 106 Å². The normalized spacial score (nSPS) is 17.4. The number of amidine groups is 2. The van der Waals surface area contributed by atoms with Crippen LogP contribution in [0.4, 0.5) is 11.4 Å². The first-order valence-electron chi connectivity index (χ1n) is 5.60. The minimum atomic E-state index is 0.248. The lowest BCUT2D eigenvalue weighted by atomic mass is 10.2. The fourth-order valence-corrected chi connectivity index (χ4v) is 1.81. The standard InChI is InChI=1S/C12H16N6/c1-3-8-11(13)16-9-6-4-5-7-10(9)18(12(8)14)17-15-2/h3-7,14-15,17H,1-2H3,(H2,13,16)/b8-3+,14-12?. The maximum atomic E-state index is 8.20. The smallest absolute Gasteiger partial charge is 0.151 e. The third-order valence-corrected chi connectivity index (χ3v) is 2.63.